The van der Waals surface area contributed by atoms with E-state index >= 15 is 0 Å². The topological polar surface area (TPSA) is 92.9 Å². The Balaban J connectivity index is 2.20. The quantitative estimate of drug-likeness (QED) is 0.804. The minimum Gasteiger partial charge on any atom is -0.478 e. The third kappa shape index (κ3) is 3.36. The summed E-state index contributed by atoms with van der Waals surface area (Å²) in [5.74, 6) is -0.651. The fraction of sp³-hybridized carbons (Fsp3) is 0.429. The van der Waals surface area contributed by atoms with Gasteiger partial charge in [-0.05, 0) is 24.5 Å². The van der Waals surface area contributed by atoms with E-state index < -0.39 is 5.97 Å². The van der Waals surface area contributed by atoms with Crippen molar-refractivity contribution in [2.75, 3.05) is 11.9 Å². The van der Waals surface area contributed by atoms with Crippen molar-refractivity contribution in [3.05, 3.63) is 35.3 Å². The molecular formula is C14H19N5O2. The number of nitrogens with one attached hydrogen (secondary N) is 1. The average molecular weight is 289 g/mol. The number of aryl methyl sites for hydroxylation is 1. The monoisotopic (exact) mass is 289 g/mol. The van der Waals surface area contributed by atoms with Crippen molar-refractivity contribution in [2.45, 2.75) is 33.2 Å². The van der Waals surface area contributed by atoms with Crippen molar-refractivity contribution in [3.8, 4) is 0 Å². The van der Waals surface area contributed by atoms with Crippen LogP contribution in [-0.2, 0) is 19.4 Å². The molecule has 0 bridgehead atoms. The Morgan fingerprint density at radius 2 is 2.14 bits per heavy atom. The lowest BCUT2D eigenvalue weighted by molar-refractivity contribution is 0.0696. The highest BCUT2D eigenvalue weighted by Crippen LogP contribution is 2.20. The lowest BCUT2D eigenvalue weighted by atomic mass is 10.0. The number of hydrogen-bond donors (Lipinski definition) is 2. The molecule has 2 aromatic rings. The summed E-state index contributed by atoms with van der Waals surface area (Å²) in [6.07, 6.45) is 4.84. The molecule has 2 N–H and O–H groups in total. The Kier molecular flexibility index (Phi) is 4.86. The Morgan fingerprint density at radius 1 is 1.33 bits per heavy atom. The summed E-state index contributed by atoms with van der Waals surface area (Å²) < 4.78 is 1.77. The molecule has 112 valence electrons. The molecule has 0 saturated carbocycles. The molecule has 0 atom stereocenters. The van der Waals surface area contributed by atoms with Crippen molar-refractivity contribution in [3.63, 3.8) is 0 Å². The van der Waals surface area contributed by atoms with Gasteiger partial charge in [0.15, 0.2) is 5.82 Å². The van der Waals surface area contributed by atoms with Crippen LogP contribution in [0.15, 0.2) is 18.5 Å². The van der Waals surface area contributed by atoms with E-state index in [4.69, 9.17) is 0 Å². The van der Waals surface area contributed by atoms with Crippen molar-refractivity contribution in [1.82, 2.24) is 20.0 Å². The fourth-order valence-electron chi connectivity index (χ4n) is 2.25. The van der Waals surface area contributed by atoms with Crippen LogP contribution >= 0.6 is 0 Å². The highest BCUT2D eigenvalue weighted by molar-refractivity contribution is 5.95. The first kappa shape index (κ1) is 15.0. The van der Waals surface area contributed by atoms with Gasteiger partial charge in [-0.2, -0.15) is 10.2 Å². The number of anilines is 1. The molecule has 0 amide bonds. The van der Waals surface area contributed by atoms with Crippen molar-refractivity contribution in [2.24, 2.45) is 0 Å². The predicted molar refractivity (Wildman–Crippen MR) is 78.5 cm³/mol. The molecule has 0 saturated heterocycles. The Hall–Kier alpha value is -2.44. The van der Waals surface area contributed by atoms with Gasteiger partial charge in [0.25, 0.3) is 0 Å². The molecule has 0 aliphatic carbocycles. The number of nitrogens with zero attached hydrogens (tertiary/aromatic N) is 4. The SMILES string of the molecule is CCc1nnc(NCCn2cccn2)c(C(=O)O)c1CC. The lowest BCUT2D eigenvalue weighted by Gasteiger charge is -2.13. The third-order valence-electron chi connectivity index (χ3n) is 3.25. The first-order chi connectivity index (χ1) is 10.2. The van der Waals surface area contributed by atoms with Crippen LogP contribution in [0.1, 0.15) is 35.5 Å². The molecular weight excluding hydrogens is 270 g/mol. The van der Waals surface area contributed by atoms with Crippen LogP contribution in [0.25, 0.3) is 0 Å². The van der Waals surface area contributed by atoms with Gasteiger partial charge in [-0.1, -0.05) is 13.8 Å². The molecule has 0 radical (unpaired) electrons. The maximum absolute atomic E-state index is 11.5. The average Bonchev–Trinajstić information content (AvgIpc) is 2.99. The molecule has 0 aromatic carbocycles. The molecule has 2 rings (SSSR count). The zero-order valence-electron chi connectivity index (χ0n) is 12.2. The first-order valence-electron chi connectivity index (χ1n) is 7.00. The summed E-state index contributed by atoms with van der Waals surface area (Å²) >= 11 is 0. The van der Waals surface area contributed by atoms with Crippen LogP contribution in [0, 0.1) is 0 Å². The number of carboxylic acid groups (broad SMARTS) is 1. The van der Waals surface area contributed by atoms with E-state index in [1.54, 1.807) is 10.9 Å². The van der Waals surface area contributed by atoms with E-state index in [9.17, 15) is 9.90 Å². The molecule has 0 spiro atoms. The Morgan fingerprint density at radius 3 is 2.71 bits per heavy atom. The molecule has 0 unspecified atom stereocenters. The molecule has 21 heavy (non-hydrogen) atoms. The molecule has 7 nitrogen and oxygen atoms in total. The van der Waals surface area contributed by atoms with Gasteiger partial charge >= 0.3 is 5.97 Å². The second-order valence-electron chi connectivity index (χ2n) is 4.56. The van der Waals surface area contributed by atoms with Crippen molar-refractivity contribution >= 4 is 11.8 Å². The van der Waals surface area contributed by atoms with Crippen LogP contribution in [0.3, 0.4) is 0 Å². The van der Waals surface area contributed by atoms with Gasteiger partial charge in [-0.3, -0.25) is 4.68 Å². The van der Waals surface area contributed by atoms with E-state index in [0.29, 0.717) is 31.7 Å². The zero-order valence-corrected chi connectivity index (χ0v) is 12.2. The van der Waals surface area contributed by atoms with Gasteiger partial charge in [-0.25, -0.2) is 4.79 Å². The van der Waals surface area contributed by atoms with Gasteiger partial charge in [0, 0.05) is 18.9 Å². The highest BCUT2D eigenvalue weighted by Gasteiger charge is 2.19. The van der Waals surface area contributed by atoms with E-state index in [1.807, 2.05) is 26.1 Å². The molecule has 0 aliphatic heterocycles. The van der Waals surface area contributed by atoms with Crippen LogP contribution in [0.4, 0.5) is 5.82 Å². The van der Waals surface area contributed by atoms with Crippen LogP contribution in [0.5, 0.6) is 0 Å². The van der Waals surface area contributed by atoms with Crippen molar-refractivity contribution < 1.29 is 9.90 Å². The summed E-state index contributed by atoms with van der Waals surface area (Å²) in [5, 5.41) is 24.7. The second kappa shape index (κ2) is 6.83. The minimum atomic E-state index is -0.974. The number of carbonyl (C=O) groups is 1. The smallest absolute Gasteiger partial charge is 0.339 e. The summed E-state index contributed by atoms with van der Waals surface area (Å²) in [6, 6.07) is 1.84. The van der Waals surface area contributed by atoms with Crippen LogP contribution in [-0.4, -0.2) is 37.6 Å². The molecule has 2 aromatic heterocycles. The Labute approximate surface area is 123 Å². The van der Waals surface area contributed by atoms with Gasteiger partial charge in [0.05, 0.1) is 12.2 Å². The minimum absolute atomic E-state index is 0.227. The first-order valence-corrected chi connectivity index (χ1v) is 7.00. The van der Waals surface area contributed by atoms with Gasteiger partial charge in [0.2, 0.25) is 0 Å². The number of rotatable bonds is 7. The van der Waals surface area contributed by atoms with E-state index in [2.05, 4.69) is 20.6 Å². The number of aromatic carboxylic acids is 1. The summed E-state index contributed by atoms with van der Waals surface area (Å²) in [4.78, 5) is 11.5. The number of aromatic nitrogens is 4. The van der Waals surface area contributed by atoms with Crippen LogP contribution < -0.4 is 5.32 Å². The van der Waals surface area contributed by atoms with E-state index in [-0.39, 0.29) is 5.56 Å². The maximum atomic E-state index is 11.5. The number of hydrogen-bond acceptors (Lipinski definition) is 5. The maximum Gasteiger partial charge on any atom is 0.339 e. The van der Waals surface area contributed by atoms with Crippen LogP contribution in [0.2, 0.25) is 0 Å². The second-order valence-corrected chi connectivity index (χ2v) is 4.56. The van der Waals surface area contributed by atoms with E-state index in [1.165, 1.54) is 0 Å². The summed E-state index contributed by atoms with van der Waals surface area (Å²) in [7, 11) is 0. The number of carboxylic acids is 1. The van der Waals surface area contributed by atoms with Gasteiger partial charge in [0.1, 0.15) is 5.56 Å². The predicted octanol–water partition coefficient (Wildman–Crippen LogP) is 1.61. The van der Waals surface area contributed by atoms with Gasteiger partial charge in [-0.15, -0.1) is 5.10 Å². The standard InChI is InChI=1S/C14H19N5O2/c1-3-10-11(4-2)17-18-13(12(10)14(20)21)15-7-9-19-8-5-6-16-19/h5-6,8H,3-4,7,9H2,1-2H3,(H,15,18)(H,20,21). The summed E-state index contributed by atoms with van der Waals surface area (Å²) in [5.41, 5.74) is 1.72. The molecule has 0 fully saturated rings. The summed E-state index contributed by atoms with van der Waals surface area (Å²) in [6.45, 7) is 5.03. The molecule has 7 heteroatoms. The normalized spacial score (nSPS) is 10.6. The largest absolute Gasteiger partial charge is 0.478 e. The van der Waals surface area contributed by atoms with Crippen molar-refractivity contribution in [1.29, 1.82) is 0 Å². The zero-order chi connectivity index (χ0) is 15.2. The highest BCUT2D eigenvalue weighted by atomic mass is 16.4. The lowest BCUT2D eigenvalue weighted by Crippen LogP contribution is -2.18. The molecule has 2 heterocycles. The Bertz CT molecular complexity index is 610. The third-order valence-corrected chi connectivity index (χ3v) is 3.25. The molecule has 0 aliphatic rings. The van der Waals surface area contributed by atoms with Gasteiger partial charge < -0.3 is 10.4 Å². The fourth-order valence-corrected chi connectivity index (χ4v) is 2.25. The van der Waals surface area contributed by atoms with E-state index in [0.717, 1.165) is 11.3 Å².